The van der Waals surface area contributed by atoms with Crippen molar-refractivity contribution in [3.63, 3.8) is 0 Å². The van der Waals surface area contributed by atoms with Gasteiger partial charge in [0.15, 0.2) is 5.54 Å². The molecule has 6 nitrogen and oxygen atoms in total. The summed E-state index contributed by atoms with van der Waals surface area (Å²) in [4.78, 5) is 28.6. The summed E-state index contributed by atoms with van der Waals surface area (Å²) in [5.41, 5.74) is 0.844. The van der Waals surface area contributed by atoms with Crippen molar-refractivity contribution in [1.82, 2.24) is 10.2 Å². The number of carbonyl (C=O) groups excluding carboxylic acids is 2. The normalized spacial score (nSPS) is 14.8. The number of benzene rings is 4. The Bertz CT molecular complexity index is 1310. The van der Waals surface area contributed by atoms with Gasteiger partial charge in [-0.05, 0) is 51.7 Å². The molecule has 4 aromatic carbocycles. The van der Waals surface area contributed by atoms with Crippen LogP contribution in [0.4, 0.5) is 4.79 Å². The third-order valence-corrected chi connectivity index (χ3v) is 6.36. The maximum absolute atomic E-state index is 14.1. The lowest BCUT2D eigenvalue weighted by atomic mass is 9.82. The van der Waals surface area contributed by atoms with Gasteiger partial charge >= 0.3 is 6.03 Å². The number of urea groups is 1. The Kier molecular flexibility index (Phi) is 5.42. The number of imide groups is 1. The van der Waals surface area contributed by atoms with E-state index in [4.69, 9.17) is 9.47 Å². The summed E-state index contributed by atoms with van der Waals surface area (Å²) in [6.45, 7) is 0.167. The fourth-order valence-electron chi connectivity index (χ4n) is 4.56. The molecule has 0 aromatic heterocycles. The predicted octanol–water partition coefficient (Wildman–Crippen LogP) is 4.85. The number of amides is 3. The first kappa shape index (κ1) is 21.5. The van der Waals surface area contributed by atoms with E-state index >= 15 is 0 Å². The van der Waals surface area contributed by atoms with Gasteiger partial charge in [0.1, 0.15) is 11.5 Å². The van der Waals surface area contributed by atoms with E-state index in [0.717, 1.165) is 16.3 Å². The number of hydrogen-bond acceptors (Lipinski definition) is 4. The van der Waals surface area contributed by atoms with Crippen LogP contribution in [0, 0.1) is 0 Å². The van der Waals surface area contributed by atoms with Crippen molar-refractivity contribution < 1.29 is 19.1 Å². The topological polar surface area (TPSA) is 67.9 Å². The maximum Gasteiger partial charge on any atom is 0.325 e. The average molecular weight is 453 g/mol. The third kappa shape index (κ3) is 3.44. The van der Waals surface area contributed by atoms with E-state index in [1.165, 1.54) is 4.90 Å². The maximum atomic E-state index is 14.1. The SMILES string of the molecule is COc1ccc(C2(c3ccc(OC)cc3)NC(=O)N(Cc3cccc4ccccc34)C2=O)cc1. The summed E-state index contributed by atoms with van der Waals surface area (Å²) in [6.07, 6.45) is 0. The monoisotopic (exact) mass is 452 g/mol. The summed E-state index contributed by atoms with van der Waals surface area (Å²) in [5, 5.41) is 5.07. The van der Waals surface area contributed by atoms with Crippen LogP contribution in [0.1, 0.15) is 16.7 Å². The fourth-order valence-corrected chi connectivity index (χ4v) is 4.56. The van der Waals surface area contributed by atoms with Gasteiger partial charge in [0, 0.05) is 0 Å². The molecule has 0 radical (unpaired) electrons. The standard InChI is InChI=1S/C28H24N2O4/c1-33-23-14-10-21(11-15-23)28(22-12-16-24(34-2)17-13-22)26(31)30(27(32)29-28)18-20-8-5-7-19-6-3-4-9-25(19)20/h3-17H,18H2,1-2H3,(H,29,32). The van der Waals surface area contributed by atoms with Crippen LogP contribution in [0.2, 0.25) is 0 Å². The molecule has 1 fully saturated rings. The molecule has 0 spiro atoms. The molecule has 0 atom stereocenters. The molecular formula is C28H24N2O4. The molecule has 170 valence electrons. The Labute approximate surface area is 197 Å². The Morgan fingerprint density at radius 2 is 1.29 bits per heavy atom. The summed E-state index contributed by atoms with van der Waals surface area (Å²) in [6, 6.07) is 27.8. The first-order valence-corrected chi connectivity index (χ1v) is 11.0. The van der Waals surface area contributed by atoms with Crippen LogP contribution in [0.3, 0.4) is 0 Å². The van der Waals surface area contributed by atoms with Crippen LogP contribution < -0.4 is 14.8 Å². The molecule has 0 aliphatic carbocycles. The molecule has 0 unspecified atom stereocenters. The molecule has 0 bridgehead atoms. The van der Waals surface area contributed by atoms with Crippen LogP contribution in [0.5, 0.6) is 11.5 Å². The smallest absolute Gasteiger partial charge is 0.325 e. The van der Waals surface area contributed by atoms with Crippen LogP contribution in [-0.2, 0) is 16.9 Å². The molecule has 34 heavy (non-hydrogen) atoms. The van der Waals surface area contributed by atoms with Gasteiger partial charge in [0.2, 0.25) is 0 Å². The van der Waals surface area contributed by atoms with Gasteiger partial charge in [-0.25, -0.2) is 4.79 Å². The number of hydrogen-bond donors (Lipinski definition) is 1. The number of methoxy groups -OCH3 is 2. The highest BCUT2D eigenvalue weighted by Crippen LogP contribution is 2.38. The van der Waals surface area contributed by atoms with Crippen molar-refractivity contribution in [3.05, 3.63) is 108 Å². The highest BCUT2D eigenvalue weighted by Gasteiger charge is 2.53. The summed E-state index contributed by atoms with van der Waals surface area (Å²) in [7, 11) is 3.17. The average Bonchev–Trinajstić information content (AvgIpc) is 3.14. The van der Waals surface area contributed by atoms with Crippen molar-refractivity contribution in [3.8, 4) is 11.5 Å². The number of rotatable bonds is 6. The largest absolute Gasteiger partial charge is 0.497 e. The molecule has 5 rings (SSSR count). The molecule has 0 saturated carbocycles. The first-order valence-electron chi connectivity index (χ1n) is 11.0. The summed E-state index contributed by atoms with van der Waals surface area (Å²) in [5.74, 6) is 0.997. The fraction of sp³-hybridized carbons (Fsp3) is 0.143. The minimum Gasteiger partial charge on any atom is -0.497 e. The number of nitrogens with zero attached hydrogens (tertiary/aromatic N) is 1. The summed E-state index contributed by atoms with van der Waals surface area (Å²) < 4.78 is 10.6. The minimum absolute atomic E-state index is 0.167. The molecule has 3 amide bonds. The van der Waals surface area contributed by atoms with Crippen molar-refractivity contribution in [2.45, 2.75) is 12.1 Å². The second-order valence-corrected chi connectivity index (χ2v) is 8.17. The number of nitrogens with one attached hydrogen (secondary N) is 1. The molecule has 6 heteroatoms. The van der Waals surface area contributed by atoms with E-state index in [2.05, 4.69) is 5.32 Å². The lowest BCUT2D eigenvalue weighted by Gasteiger charge is -2.28. The lowest BCUT2D eigenvalue weighted by molar-refractivity contribution is -0.130. The van der Waals surface area contributed by atoms with Gasteiger partial charge in [-0.1, -0.05) is 66.7 Å². The van der Waals surface area contributed by atoms with Gasteiger partial charge in [0.25, 0.3) is 5.91 Å². The van der Waals surface area contributed by atoms with Crippen molar-refractivity contribution in [2.75, 3.05) is 14.2 Å². The van der Waals surface area contributed by atoms with Crippen molar-refractivity contribution >= 4 is 22.7 Å². The third-order valence-electron chi connectivity index (χ3n) is 6.36. The zero-order valence-electron chi connectivity index (χ0n) is 18.9. The van der Waals surface area contributed by atoms with E-state index in [9.17, 15) is 9.59 Å². The van der Waals surface area contributed by atoms with Crippen LogP contribution >= 0.6 is 0 Å². The molecule has 1 aliphatic rings. The Morgan fingerprint density at radius 3 is 1.88 bits per heavy atom. The van der Waals surface area contributed by atoms with Gasteiger partial charge in [-0.3, -0.25) is 9.69 Å². The van der Waals surface area contributed by atoms with Crippen molar-refractivity contribution in [1.29, 1.82) is 0 Å². The zero-order valence-corrected chi connectivity index (χ0v) is 18.9. The van der Waals surface area contributed by atoms with E-state index in [-0.39, 0.29) is 12.5 Å². The number of fused-ring (bicyclic) bond motifs is 1. The molecule has 1 saturated heterocycles. The number of ether oxygens (including phenoxy) is 2. The van der Waals surface area contributed by atoms with E-state index in [1.807, 2.05) is 66.7 Å². The van der Waals surface area contributed by atoms with Crippen LogP contribution in [0.25, 0.3) is 10.8 Å². The zero-order chi connectivity index (χ0) is 23.7. The highest BCUT2D eigenvalue weighted by atomic mass is 16.5. The van der Waals surface area contributed by atoms with Crippen LogP contribution in [-0.4, -0.2) is 31.1 Å². The van der Waals surface area contributed by atoms with Gasteiger partial charge in [-0.15, -0.1) is 0 Å². The second-order valence-electron chi connectivity index (χ2n) is 8.17. The molecule has 1 heterocycles. The van der Waals surface area contributed by atoms with Crippen molar-refractivity contribution in [2.24, 2.45) is 0 Å². The molecule has 4 aromatic rings. The minimum atomic E-state index is -1.36. The van der Waals surface area contributed by atoms with Gasteiger partial charge in [0.05, 0.1) is 20.8 Å². The van der Waals surface area contributed by atoms with E-state index in [1.54, 1.807) is 38.5 Å². The van der Waals surface area contributed by atoms with Gasteiger partial charge in [-0.2, -0.15) is 0 Å². The Balaban J connectivity index is 1.60. The molecule has 1 aliphatic heterocycles. The highest BCUT2D eigenvalue weighted by molar-refractivity contribution is 6.09. The van der Waals surface area contributed by atoms with Gasteiger partial charge < -0.3 is 14.8 Å². The quantitative estimate of drug-likeness (QED) is 0.425. The predicted molar refractivity (Wildman–Crippen MR) is 130 cm³/mol. The summed E-state index contributed by atoms with van der Waals surface area (Å²) >= 11 is 0. The number of carbonyl (C=O) groups is 2. The second kappa shape index (κ2) is 8.56. The Morgan fingerprint density at radius 1 is 0.735 bits per heavy atom. The van der Waals surface area contributed by atoms with Crippen LogP contribution in [0.15, 0.2) is 91.0 Å². The van der Waals surface area contributed by atoms with E-state index in [0.29, 0.717) is 22.6 Å². The molecule has 1 N–H and O–H groups in total. The Hall–Kier alpha value is -4.32. The lowest BCUT2D eigenvalue weighted by Crippen LogP contribution is -2.45. The van der Waals surface area contributed by atoms with E-state index < -0.39 is 11.6 Å². The molecular weight excluding hydrogens is 428 g/mol. The first-order chi connectivity index (χ1) is 16.6.